The molecule has 0 aliphatic carbocycles. The lowest BCUT2D eigenvalue weighted by atomic mass is 10.0. The number of tetrazole rings is 1. The Bertz CT molecular complexity index is 1670. The molecule has 0 aliphatic rings. The standard InChI is InChI=1S/C30H29Cl2N7O5/c1-30(2,3)44-28(42)16-24(34-26(40)12-9-20-14-21(31)10-11-25(20)39-17-33-37-38-39)22-15-23(35-36-29(22)32)19-7-5-18(6-8-19)13-27(41)43-4/h5-12,14-15,17,24H,13,16H2,1-4H3,(H,34,40)/b12-9+. The molecule has 228 valence electrons. The van der Waals surface area contributed by atoms with Crippen LogP contribution in [0.15, 0.2) is 60.9 Å². The van der Waals surface area contributed by atoms with E-state index < -0.39 is 23.5 Å². The van der Waals surface area contributed by atoms with Crippen molar-refractivity contribution in [3.05, 3.63) is 87.8 Å². The SMILES string of the molecule is COC(=O)Cc1ccc(-c2cc(C(CC(=O)OC(C)(C)C)NC(=O)/C=C/c3cc(Cl)ccc3-n3cnnn3)c(Cl)nn2)cc1. The van der Waals surface area contributed by atoms with Crippen LogP contribution in [0.4, 0.5) is 0 Å². The molecule has 1 atom stereocenters. The molecule has 4 rings (SSSR count). The maximum absolute atomic E-state index is 13.2. The van der Waals surface area contributed by atoms with Gasteiger partial charge in [-0.25, -0.2) is 0 Å². The third-order valence-electron chi connectivity index (χ3n) is 6.08. The average molecular weight is 639 g/mol. The maximum atomic E-state index is 13.2. The zero-order valence-electron chi connectivity index (χ0n) is 24.3. The number of amides is 1. The van der Waals surface area contributed by atoms with Gasteiger partial charge < -0.3 is 14.8 Å². The Kier molecular flexibility index (Phi) is 10.4. The second-order valence-electron chi connectivity index (χ2n) is 10.6. The lowest BCUT2D eigenvalue weighted by Gasteiger charge is -2.23. The monoisotopic (exact) mass is 637 g/mol. The van der Waals surface area contributed by atoms with E-state index in [0.717, 1.165) is 5.56 Å². The molecule has 0 saturated carbocycles. The highest BCUT2D eigenvalue weighted by Crippen LogP contribution is 2.29. The van der Waals surface area contributed by atoms with Gasteiger partial charge in [0.2, 0.25) is 5.91 Å². The van der Waals surface area contributed by atoms with Crippen LogP contribution < -0.4 is 5.32 Å². The number of hydrogen-bond acceptors (Lipinski definition) is 10. The first-order valence-electron chi connectivity index (χ1n) is 13.3. The van der Waals surface area contributed by atoms with Gasteiger partial charge in [0.05, 0.1) is 37.4 Å². The van der Waals surface area contributed by atoms with Gasteiger partial charge in [0.15, 0.2) is 5.15 Å². The Morgan fingerprint density at radius 3 is 2.43 bits per heavy atom. The van der Waals surface area contributed by atoms with Gasteiger partial charge in [-0.1, -0.05) is 47.5 Å². The van der Waals surface area contributed by atoms with Gasteiger partial charge in [-0.05, 0) is 67.1 Å². The third kappa shape index (κ3) is 8.91. The molecular formula is C30H29Cl2N7O5. The molecule has 0 radical (unpaired) electrons. The van der Waals surface area contributed by atoms with Crippen LogP contribution in [0, 0.1) is 0 Å². The zero-order chi connectivity index (χ0) is 31.9. The molecule has 0 aliphatic heterocycles. The van der Waals surface area contributed by atoms with Crippen molar-refractivity contribution in [2.24, 2.45) is 0 Å². The van der Waals surface area contributed by atoms with Crippen LogP contribution in [0.25, 0.3) is 23.0 Å². The largest absolute Gasteiger partial charge is 0.469 e. The first-order valence-corrected chi connectivity index (χ1v) is 14.1. The quantitative estimate of drug-likeness (QED) is 0.190. The minimum absolute atomic E-state index is 0.00436. The van der Waals surface area contributed by atoms with Crippen molar-refractivity contribution in [2.45, 2.75) is 45.3 Å². The highest BCUT2D eigenvalue weighted by Gasteiger charge is 2.26. The number of nitrogens with zero attached hydrogens (tertiary/aromatic N) is 6. The van der Waals surface area contributed by atoms with Gasteiger partial charge in [-0.15, -0.1) is 15.3 Å². The Morgan fingerprint density at radius 2 is 1.77 bits per heavy atom. The number of benzene rings is 2. The summed E-state index contributed by atoms with van der Waals surface area (Å²) in [6.07, 6.45) is 4.16. The van der Waals surface area contributed by atoms with E-state index in [1.165, 1.54) is 24.2 Å². The van der Waals surface area contributed by atoms with Crippen LogP contribution in [0.2, 0.25) is 10.2 Å². The molecule has 12 nitrogen and oxygen atoms in total. The average Bonchev–Trinajstić information content (AvgIpc) is 3.50. The van der Waals surface area contributed by atoms with E-state index >= 15 is 0 Å². The number of methoxy groups -OCH3 is 1. The summed E-state index contributed by atoms with van der Waals surface area (Å²) < 4.78 is 11.7. The van der Waals surface area contributed by atoms with Gasteiger partial charge in [-0.2, -0.15) is 4.68 Å². The number of hydrogen-bond donors (Lipinski definition) is 1. The number of halogens is 2. The highest BCUT2D eigenvalue weighted by atomic mass is 35.5. The topological polar surface area (TPSA) is 151 Å². The summed E-state index contributed by atoms with van der Waals surface area (Å²) in [5.74, 6) is -1.44. The second kappa shape index (κ2) is 14.2. The van der Waals surface area contributed by atoms with Crippen LogP contribution in [-0.4, -0.2) is 61.0 Å². The van der Waals surface area contributed by atoms with Crippen LogP contribution >= 0.6 is 23.2 Å². The molecule has 1 amide bonds. The molecule has 0 spiro atoms. The van der Waals surface area contributed by atoms with E-state index in [1.54, 1.807) is 75.4 Å². The fourth-order valence-electron chi connectivity index (χ4n) is 4.12. The summed E-state index contributed by atoms with van der Waals surface area (Å²) >= 11 is 12.7. The number of ether oxygens (including phenoxy) is 2. The lowest BCUT2D eigenvalue weighted by Crippen LogP contribution is -2.32. The molecular weight excluding hydrogens is 609 g/mol. The van der Waals surface area contributed by atoms with E-state index in [0.29, 0.717) is 33.1 Å². The van der Waals surface area contributed by atoms with Gasteiger partial charge in [0.1, 0.15) is 11.9 Å². The first kappa shape index (κ1) is 32.2. The Hall–Kier alpha value is -4.68. The molecule has 2 aromatic heterocycles. The number of nitrogens with one attached hydrogen (secondary N) is 1. The number of carbonyl (C=O) groups is 3. The fourth-order valence-corrected chi connectivity index (χ4v) is 4.53. The van der Waals surface area contributed by atoms with Crippen molar-refractivity contribution in [1.29, 1.82) is 0 Å². The summed E-state index contributed by atoms with van der Waals surface area (Å²) in [5, 5.41) is 22.7. The number of aromatic nitrogens is 6. The predicted octanol–water partition coefficient (Wildman–Crippen LogP) is 4.74. The van der Waals surface area contributed by atoms with E-state index in [4.69, 9.17) is 32.7 Å². The van der Waals surface area contributed by atoms with Crippen molar-refractivity contribution >= 4 is 47.1 Å². The second-order valence-corrected chi connectivity index (χ2v) is 11.4. The van der Waals surface area contributed by atoms with Gasteiger partial charge in [0.25, 0.3) is 0 Å². The maximum Gasteiger partial charge on any atom is 0.309 e. The van der Waals surface area contributed by atoms with Crippen LogP contribution in [0.3, 0.4) is 0 Å². The van der Waals surface area contributed by atoms with Gasteiger partial charge in [0, 0.05) is 27.8 Å². The van der Waals surface area contributed by atoms with Gasteiger partial charge >= 0.3 is 11.9 Å². The summed E-state index contributed by atoms with van der Waals surface area (Å²) in [7, 11) is 1.33. The Labute approximate surface area is 263 Å². The number of carbonyl (C=O) groups excluding carboxylic acids is 3. The molecule has 0 fully saturated rings. The molecule has 1 N–H and O–H groups in total. The van der Waals surface area contributed by atoms with Crippen molar-refractivity contribution in [1.82, 2.24) is 35.7 Å². The molecule has 14 heteroatoms. The number of esters is 2. The summed E-state index contributed by atoms with van der Waals surface area (Å²) in [4.78, 5) is 37.7. The van der Waals surface area contributed by atoms with Gasteiger partial charge in [-0.3, -0.25) is 14.4 Å². The minimum Gasteiger partial charge on any atom is -0.469 e. The zero-order valence-corrected chi connectivity index (χ0v) is 25.8. The lowest BCUT2D eigenvalue weighted by molar-refractivity contribution is -0.155. The molecule has 0 bridgehead atoms. The van der Waals surface area contributed by atoms with E-state index in [9.17, 15) is 14.4 Å². The van der Waals surface area contributed by atoms with E-state index in [2.05, 4.69) is 31.0 Å². The number of rotatable bonds is 10. The summed E-state index contributed by atoms with van der Waals surface area (Å²) in [6.45, 7) is 5.24. The molecule has 4 aromatic rings. The van der Waals surface area contributed by atoms with E-state index in [-0.39, 0.29) is 24.0 Å². The normalized spacial score (nSPS) is 12.1. The minimum atomic E-state index is -0.916. The van der Waals surface area contributed by atoms with E-state index in [1.807, 2.05) is 0 Å². The van der Waals surface area contributed by atoms with Crippen molar-refractivity contribution in [3.63, 3.8) is 0 Å². The molecule has 1 unspecified atom stereocenters. The van der Waals surface area contributed by atoms with Crippen molar-refractivity contribution < 1.29 is 23.9 Å². The first-order chi connectivity index (χ1) is 20.9. The van der Waals surface area contributed by atoms with Crippen molar-refractivity contribution in [3.8, 4) is 16.9 Å². The molecule has 2 heterocycles. The smallest absolute Gasteiger partial charge is 0.309 e. The third-order valence-corrected chi connectivity index (χ3v) is 6.61. The molecule has 2 aromatic carbocycles. The highest BCUT2D eigenvalue weighted by molar-refractivity contribution is 6.31. The predicted molar refractivity (Wildman–Crippen MR) is 163 cm³/mol. The van der Waals surface area contributed by atoms with Crippen LogP contribution in [0.5, 0.6) is 0 Å². The molecule has 0 saturated heterocycles. The van der Waals surface area contributed by atoms with Crippen LogP contribution in [-0.2, 0) is 30.3 Å². The van der Waals surface area contributed by atoms with Crippen molar-refractivity contribution in [2.75, 3.05) is 7.11 Å². The summed E-state index contributed by atoms with van der Waals surface area (Å²) in [6, 6.07) is 12.9. The Balaban J connectivity index is 1.62. The molecule has 44 heavy (non-hydrogen) atoms. The summed E-state index contributed by atoms with van der Waals surface area (Å²) in [5.41, 5.74) is 2.66. The Morgan fingerprint density at radius 1 is 1.02 bits per heavy atom. The fraction of sp³-hybridized carbons (Fsp3) is 0.267. The van der Waals surface area contributed by atoms with Crippen LogP contribution in [0.1, 0.15) is 49.9 Å².